The Bertz CT molecular complexity index is 948. The smallest absolute Gasteiger partial charge is 0.308 e. The van der Waals surface area contributed by atoms with E-state index in [0.717, 1.165) is 17.6 Å². The maximum Gasteiger partial charge on any atom is 0.323 e. The molecule has 0 saturated carbocycles. The van der Waals surface area contributed by atoms with E-state index >= 15 is 0 Å². The molecule has 0 spiro atoms. The van der Waals surface area contributed by atoms with Crippen molar-refractivity contribution in [2.24, 2.45) is 0 Å². The molecule has 0 atom stereocenters. The Morgan fingerprint density at radius 3 is 2.52 bits per heavy atom. The number of carbonyl (C=O) groups is 1. The SMILES string of the molecule is O=C(Nc1ccc(F)c(Cl)c1)Nc1c(Cl)nsc1-c1ccccc1Cl. The molecular weight excluding hydrogens is 408 g/mol. The maximum absolute atomic E-state index is 13.2. The lowest BCUT2D eigenvalue weighted by Crippen LogP contribution is -2.19. The summed E-state index contributed by atoms with van der Waals surface area (Å²) in [6.07, 6.45) is 0. The van der Waals surface area contributed by atoms with Crippen molar-refractivity contribution < 1.29 is 9.18 Å². The van der Waals surface area contributed by atoms with Crippen molar-refractivity contribution in [3.05, 3.63) is 63.5 Å². The Kier molecular flexibility index (Phi) is 5.44. The van der Waals surface area contributed by atoms with E-state index in [2.05, 4.69) is 15.0 Å². The second kappa shape index (κ2) is 7.58. The Hall–Kier alpha value is -1.86. The minimum absolute atomic E-state index is 0.0928. The van der Waals surface area contributed by atoms with Crippen LogP contribution in [-0.2, 0) is 0 Å². The molecule has 128 valence electrons. The van der Waals surface area contributed by atoms with E-state index in [1.807, 2.05) is 6.07 Å². The fraction of sp³-hybridized carbons (Fsp3) is 0. The number of urea groups is 1. The summed E-state index contributed by atoms with van der Waals surface area (Å²) in [7, 11) is 0. The first kappa shape index (κ1) is 17.9. The van der Waals surface area contributed by atoms with Gasteiger partial charge in [0.1, 0.15) is 11.5 Å². The molecule has 9 heteroatoms. The lowest BCUT2D eigenvalue weighted by Gasteiger charge is -2.09. The number of halogens is 4. The van der Waals surface area contributed by atoms with Crippen molar-refractivity contribution in [3.63, 3.8) is 0 Å². The molecule has 0 aliphatic carbocycles. The first-order valence-electron chi connectivity index (χ1n) is 6.89. The van der Waals surface area contributed by atoms with E-state index in [9.17, 15) is 9.18 Å². The standard InChI is InChI=1S/C16H9Cl3FN3OS/c17-10-4-2-1-3-9(10)14-13(15(19)23-25-14)22-16(24)21-8-5-6-12(20)11(18)7-8/h1-7H,(H2,21,22,24). The molecule has 3 rings (SSSR count). The normalized spacial score (nSPS) is 10.6. The van der Waals surface area contributed by atoms with E-state index in [-0.39, 0.29) is 10.2 Å². The summed E-state index contributed by atoms with van der Waals surface area (Å²) in [5.41, 5.74) is 1.38. The second-order valence-corrected chi connectivity index (χ2v) is 6.81. The monoisotopic (exact) mass is 415 g/mol. The van der Waals surface area contributed by atoms with Crippen molar-refractivity contribution in [2.45, 2.75) is 0 Å². The van der Waals surface area contributed by atoms with Crippen LogP contribution in [0.25, 0.3) is 10.4 Å². The van der Waals surface area contributed by atoms with Crippen LogP contribution in [-0.4, -0.2) is 10.4 Å². The van der Waals surface area contributed by atoms with Gasteiger partial charge in [0.2, 0.25) is 0 Å². The fourth-order valence-electron chi connectivity index (χ4n) is 2.06. The Labute approximate surface area is 161 Å². The van der Waals surface area contributed by atoms with Gasteiger partial charge < -0.3 is 10.6 Å². The predicted molar refractivity (Wildman–Crippen MR) is 102 cm³/mol. The zero-order chi connectivity index (χ0) is 18.0. The third-order valence-electron chi connectivity index (χ3n) is 3.18. The van der Waals surface area contributed by atoms with E-state index in [0.29, 0.717) is 26.8 Å². The van der Waals surface area contributed by atoms with Gasteiger partial charge in [-0.25, -0.2) is 9.18 Å². The average Bonchev–Trinajstić information content (AvgIpc) is 2.92. The highest BCUT2D eigenvalue weighted by molar-refractivity contribution is 7.11. The number of rotatable bonds is 3. The highest BCUT2D eigenvalue weighted by atomic mass is 35.5. The molecule has 2 N–H and O–H groups in total. The highest BCUT2D eigenvalue weighted by Crippen LogP contribution is 2.40. The van der Waals surface area contributed by atoms with Gasteiger partial charge in [0.15, 0.2) is 5.15 Å². The van der Waals surface area contributed by atoms with Crippen LogP contribution in [0.3, 0.4) is 0 Å². The van der Waals surface area contributed by atoms with Crippen LogP contribution in [0.1, 0.15) is 0 Å². The first-order chi connectivity index (χ1) is 12.0. The zero-order valence-corrected chi connectivity index (χ0v) is 15.4. The van der Waals surface area contributed by atoms with Gasteiger partial charge in [0.05, 0.1) is 9.90 Å². The van der Waals surface area contributed by atoms with Gasteiger partial charge in [-0.2, -0.15) is 4.37 Å². The molecular formula is C16H9Cl3FN3OS. The van der Waals surface area contributed by atoms with Crippen LogP contribution < -0.4 is 10.6 Å². The third-order valence-corrected chi connectivity index (χ3v) is 5.06. The van der Waals surface area contributed by atoms with Gasteiger partial charge in [0, 0.05) is 16.3 Å². The topological polar surface area (TPSA) is 54.0 Å². The minimum Gasteiger partial charge on any atom is -0.308 e. The van der Waals surface area contributed by atoms with E-state index in [4.69, 9.17) is 34.8 Å². The number of anilines is 2. The van der Waals surface area contributed by atoms with Crippen LogP contribution in [0.4, 0.5) is 20.6 Å². The molecule has 0 bridgehead atoms. The van der Waals surface area contributed by atoms with Crippen LogP contribution >= 0.6 is 46.3 Å². The summed E-state index contributed by atoms with van der Waals surface area (Å²) < 4.78 is 17.2. The average molecular weight is 417 g/mol. The molecule has 0 fully saturated rings. The quantitative estimate of drug-likeness (QED) is 0.508. The highest BCUT2D eigenvalue weighted by Gasteiger charge is 2.18. The van der Waals surface area contributed by atoms with Crippen LogP contribution in [0.15, 0.2) is 42.5 Å². The van der Waals surface area contributed by atoms with Crippen molar-refractivity contribution in [2.75, 3.05) is 10.6 Å². The molecule has 1 aromatic heterocycles. The molecule has 3 aromatic rings. The number of nitrogens with one attached hydrogen (secondary N) is 2. The van der Waals surface area contributed by atoms with Crippen molar-refractivity contribution >= 4 is 63.7 Å². The summed E-state index contributed by atoms with van der Waals surface area (Å²) in [5.74, 6) is -0.571. The van der Waals surface area contributed by atoms with Crippen LogP contribution in [0.2, 0.25) is 15.2 Å². The molecule has 25 heavy (non-hydrogen) atoms. The fourth-order valence-corrected chi connectivity index (χ4v) is 3.60. The van der Waals surface area contributed by atoms with E-state index in [1.54, 1.807) is 18.2 Å². The van der Waals surface area contributed by atoms with Crippen molar-refractivity contribution in [1.29, 1.82) is 0 Å². The number of aromatic nitrogens is 1. The summed E-state index contributed by atoms with van der Waals surface area (Å²) in [4.78, 5) is 12.9. The Morgan fingerprint density at radius 2 is 1.80 bits per heavy atom. The van der Waals surface area contributed by atoms with Crippen molar-refractivity contribution in [1.82, 2.24) is 4.37 Å². The summed E-state index contributed by atoms with van der Waals surface area (Å²) >= 11 is 19.1. The number of carbonyl (C=O) groups excluding carboxylic acids is 1. The number of hydrogen-bond acceptors (Lipinski definition) is 3. The summed E-state index contributed by atoms with van der Waals surface area (Å²) in [5, 5.41) is 5.75. The van der Waals surface area contributed by atoms with Crippen LogP contribution in [0, 0.1) is 5.82 Å². The van der Waals surface area contributed by atoms with E-state index in [1.165, 1.54) is 12.1 Å². The minimum atomic E-state index is -0.571. The Balaban J connectivity index is 1.83. The largest absolute Gasteiger partial charge is 0.323 e. The summed E-state index contributed by atoms with van der Waals surface area (Å²) in [6.45, 7) is 0. The summed E-state index contributed by atoms with van der Waals surface area (Å²) in [6, 6.07) is 10.4. The molecule has 0 saturated heterocycles. The van der Waals surface area contributed by atoms with Crippen molar-refractivity contribution in [3.8, 4) is 10.4 Å². The second-order valence-electron chi connectivity index (χ2n) is 4.87. The van der Waals surface area contributed by atoms with Gasteiger partial charge in [-0.05, 0) is 35.8 Å². The number of benzene rings is 2. The molecule has 2 aromatic carbocycles. The number of amides is 2. The van der Waals surface area contributed by atoms with Crippen LogP contribution in [0.5, 0.6) is 0 Å². The first-order valence-corrected chi connectivity index (χ1v) is 8.79. The van der Waals surface area contributed by atoms with Gasteiger partial charge in [-0.15, -0.1) is 0 Å². The predicted octanol–water partition coefficient (Wildman–Crippen LogP) is 6.55. The van der Waals surface area contributed by atoms with E-state index < -0.39 is 11.8 Å². The molecule has 0 radical (unpaired) electrons. The molecule has 0 unspecified atom stereocenters. The van der Waals surface area contributed by atoms with Gasteiger partial charge in [0.25, 0.3) is 0 Å². The lowest BCUT2D eigenvalue weighted by molar-refractivity contribution is 0.262. The lowest BCUT2D eigenvalue weighted by atomic mass is 10.2. The maximum atomic E-state index is 13.2. The third kappa shape index (κ3) is 4.04. The molecule has 0 aliphatic heterocycles. The van der Waals surface area contributed by atoms with Gasteiger partial charge in [-0.1, -0.05) is 53.0 Å². The zero-order valence-electron chi connectivity index (χ0n) is 12.3. The molecule has 1 heterocycles. The number of hydrogen-bond donors (Lipinski definition) is 2. The van der Waals surface area contributed by atoms with Gasteiger partial charge in [-0.3, -0.25) is 0 Å². The molecule has 2 amide bonds. The number of nitrogens with zero attached hydrogens (tertiary/aromatic N) is 1. The Morgan fingerprint density at radius 1 is 1.04 bits per heavy atom. The molecule has 0 aliphatic rings. The molecule has 4 nitrogen and oxygen atoms in total. The van der Waals surface area contributed by atoms with Gasteiger partial charge >= 0.3 is 6.03 Å².